The second kappa shape index (κ2) is 7.33. The van der Waals surface area contributed by atoms with Crippen LogP contribution < -0.4 is 0 Å². The summed E-state index contributed by atoms with van der Waals surface area (Å²) in [5, 5.41) is 4.09. The van der Waals surface area contributed by atoms with Crippen LogP contribution in [0.2, 0.25) is 0 Å². The van der Waals surface area contributed by atoms with E-state index in [2.05, 4.69) is 10.1 Å². The molecular formula is C18H21N3O4. The lowest BCUT2D eigenvalue weighted by atomic mass is 10.0. The second-order valence-corrected chi connectivity index (χ2v) is 6.30. The highest BCUT2D eigenvalue weighted by atomic mass is 16.6. The van der Waals surface area contributed by atoms with Gasteiger partial charge < -0.3 is 18.9 Å². The number of nitrogens with zero attached hydrogens (tertiary/aromatic N) is 3. The highest BCUT2D eigenvalue weighted by molar-refractivity contribution is 5.81. The van der Waals surface area contributed by atoms with Gasteiger partial charge in [0.2, 0.25) is 11.7 Å². The van der Waals surface area contributed by atoms with Crippen molar-refractivity contribution in [3.05, 3.63) is 36.2 Å². The summed E-state index contributed by atoms with van der Waals surface area (Å²) >= 11 is 0. The van der Waals surface area contributed by atoms with Crippen LogP contribution in [0.1, 0.15) is 31.2 Å². The topological polar surface area (TPSA) is 77.7 Å². The molecule has 0 saturated carbocycles. The van der Waals surface area contributed by atoms with Crippen molar-refractivity contribution in [3.8, 4) is 11.4 Å². The van der Waals surface area contributed by atoms with Crippen LogP contribution in [0.15, 0.2) is 34.9 Å². The van der Waals surface area contributed by atoms with Gasteiger partial charge in [0.1, 0.15) is 6.04 Å². The minimum absolute atomic E-state index is 0.0520. The quantitative estimate of drug-likeness (QED) is 0.850. The summed E-state index contributed by atoms with van der Waals surface area (Å²) in [6.07, 6.45) is 2.27. The van der Waals surface area contributed by atoms with E-state index in [1.54, 1.807) is 0 Å². The molecule has 0 aliphatic carbocycles. The average molecular weight is 343 g/mol. The van der Waals surface area contributed by atoms with E-state index in [1.165, 1.54) is 0 Å². The van der Waals surface area contributed by atoms with Gasteiger partial charge in [0.05, 0.1) is 19.8 Å². The number of hydrogen-bond donors (Lipinski definition) is 0. The Hall–Kier alpha value is -2.25. The van der Waals surface area contributed by atoms with Crippen LogP contribution in [-0.2, 0) is 14.3 Å². The lowest BCUT2D eigenvalue weighted by Crippen LogP contribution is -2.48. The fourth-order valence-electron chi connectivity index (χ4n) is 3.34. The molecule has 7 heteroatoms. The van der Waals surface area contributed by atoms with Crippen molar-refractivity contribution >= 4 is 5.91 Å². The molecule has 2 aliphatic heterocycles. The zero-order valence-electron chi connectivity index (χ0n) is 14.0. The summed E-state index contributed by atoms with van der Waals surface area (Å²) in [4.78, 5) is 19.2. The van der Waals surface area contributed by atoms with Crippen LogP contribution in [0.5, 0.6) is 0 Å². The minimum atomic E-state index is -0.536. The van der Waals surface area contributed by atoms with Crippen LogP contribution in [0.3, 0.4) is 0 Å². The normalized spacial score (nSPS) is 24.2. The number of rotatable bonds is 3. The fourth-order valence-corrected chi connectivity index (χ4v) is 3.34. The maximum atomic E-state index is 12.8. The number of hydrogen-bond acceptors (Lipinski definition) is 6. The van der Waals surface area contributed by atoms with Crippen LogP contribution >= 0.6 is 0 Å². The number of aromatic nitrogens is 2. The van der Waals surface area contributed by atoms with E-state index in [0.29, 0.717) is 38.1 Å². The van der Waals surface area contributed by atoms with Gasteiger partial charge in [-0.3, -0.25) is 4.79 Å². The lowest BCUT2D eigenvalue weighted by molar-refractivity contribution is -0.162. The Balaban J connectivity index is 1.55. The summed E-state index contributed by atoms with van der Waals surface area (Å²) in [6, 6.07) is 9.48. The first kappa shape index (κ1) is 16.2. The molecule has 3 heterocycles. The lowest BCUT2D eigenvalue weighted by Gasteiger charge is -2.36. The molecule has 0 bridgehead atoms. The van der Waals surface area contributed by atoms with Crippen molar-refractivity contribution in [1.29, 1.82) is 0 Å². The molecular weight excluding hydrogens is 322 g/mol. The van der Waals surface area contributed by atoms with E-state index in [0.717, 1.165) is 24.8 Å². The Morgan fingerprint density at radius 2 is 2.04 bits per heavy atom. The smallest absolute Gasteiger partial charge is 0.254 e. The molecule has 25 heavy (non-hydrogen) atoms. The third-order valence-corrected chi connectivity index (χ3v) is 4.64. The first-order chi connectivity index (χ1) is 12.3. The van der Waals surface area contributed by atoms with Crippen LogP contribution in [0.4, 0.5) is 0 Å². The highest BCUT2D eigenvalue weighted by Gasteiger charge is 2.36. The highest BCUT2D eigenvalue weighted by Crippen LogP contribution is 2.32. The molecule has 0 spiro atoms. The van der Waals surface area contributed by atoms with Gasteiger partial charge in [-0.05, 0) is 19.3 Å². The van der Waals surface area contributed by atoms with E-state index < -0.39 is 6.10 Å². The molecule has 0 radical (unpaired) electrons. The van der Waals surface area contributed by atoms with Gasteiger partial charge in [0.15, 0.2) is 6.10 Å². The van der Waals surface area contributed by atoms with Crippen molar-refractivity contribution in [1.82, 2.24) is 15.0 Å². The van der Waals surface area contributed by atoms with Crippen LogP contribution in [0, 0.1) is 0 Å². The van der Waals surface area contributed by atoms with E-state index in [9.17, 15) is 4.79 Å². The SMILES string of the molecule is O=C([C@H]1COCCO1)N1CCCC[C@H]1c1nc(-c2ccccc2)no1. The number of amides is 1. The fraction of sp³-hybridized carbons (Fsp3) is 0.500. The Bertz CT molecular complexity index is 712. The minimum Gasteiger partial charge on any atom is -0.376 e. The molecule has 2 fully saturated rings. The molecule has 2 aliphatic rings. The number of benzene rings is 1. The number of ether oxygens (including phenoxy) is 2. The summed E-state index contributed by atoms with van der Waals surface area (Å²) < 4.78 is 16.4. The molecule has 1 aromatic heterocycles. The molecule has 132 valence electrons. The first-order valence-corrected chi connectivity index (χ1v) is 8.72. The number of carbonyl (C=O) groups is 1. The molecule has 4 rings (SSSR count). The molecule has 1 amide bonds. The zero-order valence-corrected chi connectivity index (χ0v) is 14.0. The molecule has 0 unspecified atom stereocenters. The van der Waals surface area contributed by atoms with Crippen molar-refractivity contribution < 1.29 is 18.8 Å². The van der Waals surface area contributed by atoms with Gasteiger partial charge in [-0.2, -0.15) is 4.98 Å². The summed E-state index contributed by atoms with van der Waals surface area (Å²) in [6.45, 7) is 1.97. The van der Waals surface area contributed by atoms with Gasteiger partial charge >= 0.3 is 0 Å². The van der Waals surface area contributed by atoms with Crippen molar-refractivity contribution in [2.75, 3.05) is 26.4 Å². The monoisotopic (exact) mass is 343 g/mol. The molecule has 7 nitrogen and oxygen atoms in total. The molecule has 2 aromatic rings. The van der Waals surface area contributed by atoms with E-state index in [-0.39, 0.29) is 11.9 Å². The second-order valence-electron chi connectivity index (χ2n) is 6.30. The molecule has 0 N–H and O–H groups in total. The van der Waals surface area contributed by atoms with Gasteiger partial charge in [-0.1, -0.05) is 35.5 Å². The number of piperidine rings is 1. The number of likely N-dealkylation sites (tertiary alicyclic amines) is 1. The van der Waals surface area contributed by atoms with E-state index in [1.807, 2.05) is 35.2 Å². The van der Waals surface area contributed by atoms with Crippen LogP contribution in [0.25, 0.3) is 11.4 Å². The standard InChI is InChI=1S/C18H21N3O4/c22-18(15-12-23-10-11-24-15)21-9-5-4-8-14(21)17-19-16(20-25-17)13-6-2-1-3-7-13/h1-3,6-7,14-15H,4-5,8-12H2/t14-,15+/m0/s1. The van der Waals surface area contributed by atoms with Crippen molar-refractivity contribution in [3.63, 3.8) is 0 Å². The third-order valence-electron chi connectivity index (χ3n) is 4.64. The van der Waals surface area contributed by atoms with Gasteiger partial charge in [0.25, 0.3) is 5.91 Å². The third kappa shape index (κ3) is 3.43. The average Bonchev–Trinajstić information content (AvgIpc) is 3.19. The zero-order chi connectivity index (χ0) is 17.1. The maximum absolute atomic E-state index is 12.8. The van der Waals surface area contributed by atoms with Gasteiger partial charge in [-0.25, -0.2) is 0 Å². The Morgan fingerprint density at radius 1 is 1.16 bits per heavy atom. The summed E-state index contributed by atoms with van der Waals surface area (Å²) in [5.41, 5.74) is 0.898. The van der Waals surface area contributed by atoms with Gasteiger partial charge in [0, 0.05) is 12.1 Å². The largest absolute Gasteiger partial charge is 0.376 e. The van der Waals surface area contributed by atoms with Gasteiger partial charge in [-0.15, -0.1) is 0 Å². The Kier molecular flexibility index (Phi) is 4.76. The van der Waals surface area contributed by atoms with E-state index >= 15 is 0 Å². The van der Waals surface area contributed by atoms with Crippen LogP contribution in [-0.4, -0.2) is 53.4 Å². The first-order valence-electron chi connectivity index (χ1n) is 8.72. The van der Waals surface area contributed by atoms with Crippen molar-refractivity contribution in [2.24, 2.45) is 0 Å². The molecule has 2 saturated heterocycles. The Labute approximate surface area is 145 Å². The predicted molar refractivity (Wildman–Crippen MR) is 88.6 cm³/mol. The maximum Gasteiger partial charge on any atom is 0.254 e. The summed E-state index contributed by atoms with van der Waals surface area (Å²) in [7, 11) is 0. The number of carbonyl (C=O) groups excluding carboxylic acids is 1. The summed E-state index contributed by atoms with van der Waals surface area (Å²) in [5.74, 6) is 0.985. The molecule has 2 atom stereocenters. The van der Waals surface area contributed by atoms with E-state index in [4.69, 9.17) is 14.0 Å². The van der Waals surface area contributed by atoms with Crippen molar-refractivity contribution in [2.45, 2.75) is 31.4 Å². The Morgan fingerprint density at radius 3 is 2.84 bits per heavy atom. The molecule has 1 aromatic carbocycles. The predicted octanol–water partition coefficient (Wildman–Crippen LogP) is 2.21.